The minimum absolute atomic E-state index is 0.916. The van der Waals surface area contributed by atoms with E-state index in [0.717, 1.165) is 13.0 Å². The van der Waals surface area contributed by atoms with Gasteiger partial charge in [-0.2, -0.15) is 0 Å². The average molecular weight is 157 g/mol. The molecule has 1 heteroatoms. The van der Waals surface area contributed by atoms with Gasteiger partial charge in [0.2, 0.25) is 0 Å². The number of hydrogen-bond donors (Lipinski definition) is 0. The predicted octanol–water partition coefficient (Wildman–Crippen LogP) is 3.55. The molecule has 11 heavy (non-hydrogen) atoms. The summed E-state index contributed by atoms with van der Waals surface area (Å²) >= 11 is 0. The molecule has 1 radical (unpaired) electrons. The second-order valence-corrected chi connectivity index (χ2v) is 2.96. The molecule has 0 aromatic carbocycles. The third-order valence-electron chi connectivity index (χ3n) is 1.84. The van der Waals surface area contributed by atoms with Crippen molar-refractivity contribution >= 4 is 0 Å². The van der Waals surface area contributed by atoms with Gasteiger partial charge >= 0.3 is 0 Å². The lowest BCUT2D eigenvalue weighted by molar-refractivity contribution is 0.140. The van der Waals surface area contributed by atoms with Gasteiger partial charge in [-0.25, -0.2) is 0 Å². The van der Waals surface area contributed by atoms with E-state index < -0.39 is 0 Å². The molecule has 0 aliphatic heterocycles. The molecule has 0 unspecified atom stereocenters. The molecule has 0 bridgehead atoms. The van der Waals surface area contributed by atoms with E-state index in [2.05, 4.69) is 20.8 Å². The fourth-order valence-corrected chi connectivity index (χ4v) is 0.877. The van der Waals surface area contributed by atoms with Gasteiger partial charge in [-0.1, -0.05) is 33.1 Å². The van der Waals surface area contributed by atoms with Crippen LogP contribution in [0.25, 0.3) is 0 Å². The van der Waals surface area contributed by atoms with Crippen molar-refractivity contribution in [3.63, 3.8) is 0 Å². The third-order valence-corrected chi connectivity index (χ3v) is 1.84. The molecule has 0 saturated carbocycles. The summed E-state index contributed by atoms with van der Waals surface area (Å²) in [5, 5.41) is 0. The highest BCUT2D eigenvalue weighted by Gasteiger charge is 1.97. The molecule has 0 atom stereocenters. The molecule has 0 fully saturated rings. The first-order valence-corrected chi connectivity index (χ1v) is 4.76. The van der Waals surface area contributed by atoms with E-state index in [9.17, 15) is 0 Å². The van der Waals surface area contributed by atoms with Gasteiger partial charge in [0.05, 0.1) is 6.10 Å². The lowest BCUT2D eigenvalue weighted by atomic mass is 10.2. The molecule has 0 N–H and O–H groups in total. The standard InChI is InChI=1S/C10H21O/c1-4-6-7-8-9-11-10(3)5-2/h4-9H2,1-3H3. The summed E-state index contributed by atoms with van der Waals surface area (Å²) in [6.07, 6.45) is 7.39. The first-order chi connectivity index (χ1) is 5.31. The number of ether oxygens (including phenoxy) is 1. The molecule has 67 valence electrons. The van der Waals surface area contributed by atoms with Crippen molar-refractivity contribution in [3.8, 4) is 0 Å². The van der Waals surface area contributed by atoms with Gasteiger partial charge in [-0.3, -0.25) is 0 Å². The maximum atomic E-state index is 5.45. The van der Waals surface area contributed by atoms with Gasteiger partial charge < -0.3 is 4.74 Å². The summed E-state index contributed by atoms with van der Waals surface area (Å²) in [6, 6.07) is 0. The minimum Gasteiger partial charge on any atom is -0.372 e. The molecule has 0 amide bonds. The van der Waals surface area contributed by atoms with E-state index in [1.807, 2.05) is 0 Å². The number of hydrogen-bond acceptors (Lipinski definition) is 1. The van der Waals surface area contributed by atoms with Gasteiger partial charge in [0.25, 0.3) is 0 Å². The minimum atomic E-state index is 0.916. The van der Waals surface area contributed by atoms with Gasteiger partial charge in [0.15, 0.2) is 0 Å². The van der Waals surface area contributed by atoms with E-state index in [4.69, 9.17) is 4.74 Å². The van der Waals surface area contributed by atoms with Crippen molar-refractivity contribution in [1.82, 2.24) is 0 Å². The largest absolute Gasteiger partial charge is 0.372 e. The molecule has 0 heterocycles. The Morgan fingerprint density at radius 3 is 2.36 bits per heavy atom. The maximum absolute atomic E-state index is 5.45. The summed E-state index contributed by atoms with van der Waals surface area (Å²) in [6.45, 7) is 7.32. The Balaban J connectivity index is 2.89. The van der Waals surface area contributed by atoms with Crippen LogP contribution in [0.4, 0.5) is 0 Å². The highest BCUT2D eigenvalue weighted by molar-refractivity contribution is 4.66. The Bertz CT molecular complexity index is 71.3. The topological polar surface area (TPSA) is 9.23 Å². The van der Waals surface area contributed by atoms with E-state index >= 15 is 0 Å². The molecule has 0 aliphatic carbocycles. The fourth-order valence-electron chi connectivity index (χ4n) is 0.877. The third kappa shape index (κ3) is 7.86. The first-order valence-electron chi connectivity index (χ1n) is 4.76. The molecule has 0 aliphatic rings. The zero-order chi connectivity index (χ0) is 8.53. The Morgan fingerprint density at radius 1 is 1.09 bits per heavy atom. The quantitative estimate of drug-likeness (QED) is 0.513. The van der Waals surface area contributed by atoms with Crippen molar-refractivity contribution < 1.29 is 4.74 Å². The van der Waals surface area contributed by atoms with E-state index in [1.165, 1.54) is 31.8 Å². The Labute approximate surface area is 71.1 Å². The van der Waals surface area contributed by atoms with E-state index in [0.29, 0.717) is 0 Å². The lowest BCUT2D eigenvalue weighted by Gasteiger charge is -2.08. The van der Waals surface area contributed by atoms with Crippen LogP contribution in [0.2, 0.25) is 0 Å². The van der Waals surface area contributed by atoms with Crippen molar-refractivity contribution in [2.24, 2.45) is 0 Å². The van der Waals surface area contributed by atoms with Crippen molar-refractivity contribution in [2.45, 2.75) is 52.9 Å². The maximum Gasteiger partial charge on any atom is 0.0937 e. The monoisotopic (exact) mass is 157 g/mol. The molecule has 1 nitrogen and oxygen atoms in total. The fraction of sp³-hybridized carbons (Fsp3) is 0.900. The van der Waals surface area contributed by atoms with Crippen molar-refractivity contribution in [2.75, 3.05) is 6.61 Å². The summed E-state index contributed by atoms with van der Waals surface area (Å²) < 4.78 is 5.45. The Hall–Kier alpha value is -0.0400. The van der Waals surface area contributed by atoms with Crippen LogP contribution < -0.4 is 0 Å². The second-order valence-electron chi connectivity index (χ2n) is 2.96. The molecular formula is C10H21O. The van der Waals surface area contributed by atoms with Gasteiger partial charge in [0, 0.05) is 6.61 Å². The van der Waals surface area contributed by atoms with Crippen molar-refractivity contribution in [3.05, 3.63) is 6.10 Å². The van der Waals surface area contributed by atoms with E-state index in [-0.39, 0.29) is 0 Å². The SMILES string of the molecule is CCCCCCO[C](C)CC. The molecule has 0 rings (SSSR count). The summed E-state index contributed by atoms with van der Waals surface area (Å²) in [7, 11) is 0. The summed E-state index contributed by atoms with van der Waals surface area (Å²) in [5.41, 5.74) is 0. The van der Waals surface area contributed by atoms with Gasteiger partial charge in [-0.15, -0.1) is 0 Å². The zero-order valence-electron chi connectivity index (χ0n) is 8.15. The van der Waals surface area contributed by atoms with Crippen LogP contribution >= 0.6 is 0 Å². The smallest absolute Gasteiger partial charge is 0.0937 e. The predicted molar refractivity (Wildman–Crippen MR) is 49.3 cm³/mol. The molecule has 0 aromatic heterocycles. The van der Waals surface area contributed by atoms with Crippen LogP contribution in [-0.4, -0.2) is 6.61 Å². The normalized spacial score (nSPS) is 10.9. The van der Waals surface area contributed by atoms with Crippen LogP contribution in [0, 0.1) is 6.10 Å². The number of rotatable bonds is 7. The van der Waals surface area contributed by atoms with Gasteiger partial charge in [0.1, 0.15) is 0 Å². The number of unbranched alkanes of at least 4 members (excludes halogenated alkanes) is 3. The Kier molecular flexibility index (Phi) is 8.03. The molecule has 0 saturated heterocycles. The lowest BCUT2D eigenvalue weighted by Crippen LogP contribution is -1.99. The molecular weight excluding hydrogens is 136 g/mol. The average Bonchev–Trinajstić information content (AvgIpc) is 2.04. The van der Waals surface area contributed by atoms with Crippen LogP contribution in [0.1, 0.15) is 52.9 Å². The van der Waals surface area contributed by atoms with Crippen LogP contribution in [0.15, 0.2) is 0 Å². The summed E-state index contributed by atoms with van der Waals surface area (Å²) in [4.78, 5) is 0. The zero-order valence-corrected chi connectivity index (χ0v) is 8.15. The molecule has 0 aromatic rings. The second kappa shape index (κ2) is 8.06. The first kappa shape index (κ1) is 11.0. The molecule has 0 spiro atoms. The van der Waals surface area contributed by atoms with Crippen LogP contribution in [0.3, 0.4) is 0 Å². The van der Waals surface area contributed by atoms with Gasteiger partial charge in [-0.05, 0) is 19.8 Å². The highest BCUT2D eigenvalue weighted by atomic mass is 16.5. The van der Waals surface area contributed by atoms with Crippen LogP contribution in [-0.2, 0) is 4.74 Å². The highest BCUT2D eigenvalue weighted by Crippen LogP contribution is 2.07. The van der Waals surface area contributed by atoms with E-state index in [1.54, 1.807) is 0 Å². The Morgan fingerprint density at radius 2 is 1.82 bits per heavy atom. The van der Waals surface area contributed by atoms with Crippen molar-refractivity contribution in [1.29, 1.82) is 0 Å². The van der Waals surface area contributed by atoms with Crippen LogP contribution in [0.5, 0.6) is 0 Å². The summed E-state index contributed by atoms with van der Waals surface area (Å²) in [5.74, 6) is 0.